The molecule has 90 valence electrons. The van der Waals surface area contributed by atoms with Crippen molar-refractivity contribution < 1.29 is 4.74 Å². The maximum absolute atomic E-state index is 5.53. The summed E-state index contributed by atoms with van der Waals surface area (Å²) in [6.07, 6.45) is 0. The van der Waals surface area contributed by atoms with E-state index in [2.05, 4.69) is 44.3 Å². The lowest BCUT2D eigenvalue weighted by Gasteiger charge is -2.20. The van der Waals surface area contributed by atoms with E-state index in [0.717, 1.165) is 19.8 Å². The first-order valence-electron chi connectivity index (χ1n) is 6.07. The lowest BCUT2D eigenvalue weighted by molar-refractivity contribution is 0.123. The van der Waals surface area contributed by atoms with E-state index >= 15 is 0 Å². The molecule has 16 heavy (non-hydrogen) atoms. The number of likely N-dealkylation sites (N-methyl/N-ethyl adjacent to an activating group) is 1. The second-order valence-corrected chi connectivity index (χ2v) is 4.13. The van der Waals surface area contributed by atoms with Gasteiger partial charge in [-0.1, -0.05) is 30.7 Å². The van der Waals surface area contributed by atoms with Crippen molar-refractivity contribution >= 4 is 0 Å². The zero-order valence-corrected chi connectivity index (χ0v) is 10.8. The van der Waals surface area contributed by atoms with Crippen LogP contribution in [0.25, 0.3) is 0 Å². The fourth-order valence-electron chi connectivity index (χ4n) is 1.88. The van der Waals surface area contributed by atoms with Crippen LogP contribution in [-0.2, 0) is 4.74 Å². The molecule has 0 aromatic heterocycles. The zero-order chi connectivity index (χ0) is 12.0. The highest BCUT2D eigenvalue weighted by Gasteiger charge is 2.12. The van der Waals surface area contributed by atoms with Crippen molar-refractivity contribution in [3.05, 3.63) is 34.9 Å². The molecule has 0 aliphatic carbocycles. The molecule has 0 spiro atoms. The van der Waals surface area contributed by atoms with Crippen molar-refractivity contribution in [3.8, 4) is 0 Å². The molecule has 0 aliphatic heterocycles. The Bertz CT molecular complexity index is 323. The van der Waals surface area contributed by atoms with Gasteiger partial charge in [-0.2, -0.15) is 0 Å². The standard InChI is InChI=1S/C14H23NO/c1-5-15-14(10-16-6-2)13-9-11(3)7-8-12(13)4/h7-9,14-15H,5-6,10H2,1-4H3. The molecule has 0 saturated carbocycles. The SMILES string of the molecule is CCNC(COCC)c1cc(C)ccc1C. The smallest absolute Gasteiger partial charge is 0.0661 e. The summed E-state index contributed by atoms with van der Waals surface area (Å²) in [5, 5.41) is 3.48. The van der Waals surface area contributed by atoms with Crippen LogP contribution in [-0.4, -0.2) is 19.8 Å². The molecular formula is C14H23NO. The highest BCUT2D eigenvalue weighted by molar-refractivity contribution is 5.33. The second-order valence-electron chi connectivity index (χ2n) is 4.13. The predicted octanol–water partition coefficient (Wildman–Crippen LogP) is 2.99. The van der Waals surface area contributed by atoms with E-state index in [4.69, 9.17) is 4.74 Å². The zero-order valence-electron chi connectivity index (χ0n) is 10.8. The van der Waals surface area contributed by atoms with Crippen LogP contribution in [0.4, 0.5) is 0 Å². The Morgan fingerprint density at radius 2 is 2.00 bits per heavy atom. The quantitative estimate of drug-likeness (QED) is 0.797. The average Bonchev–Trinajstić information content (AvgIpc) is 2.28. The Labute approximate surface area is 99.0 Å². The molecule has 1 unspecified atom stereocenters. The van der Waals surface area contributed by atoms with E-state index in [1.54, 1.807) is 0 Å². The van der Waals surface area contributed by atoms with E-state index in [9.17, 15) is 0 Å². The predicted molar refractivity (Wildman–Crippen MR) is 68.8 cm³/mol. The van der Waals surface area contributed by atoms with Gasteiger partial charge in [0.2, 0.25) is 0 Å². The van der Waals surface area contributed by atoms with Gasteiger partial charge in [-0.15, -0.1) is 0 Å². The third-order valence-corrected chi connectivity index (χ3v) is 2.75. The van der Waals surface area contributed by atoms with Gasteiger partial charge in [-0.25, -0.2) is 0 Å². The van der Waals surface area contributed by atoms with Crippen molar-refractivity contribution in [1.29, 1.82) is 0 Å². The Kier molecular flexibility index (Phi) is 5.50. The van der Waals surface area contributed by atoms with E-state index in [1.165, 1.54) is 16.7 Å². The Morgan fingerprint density at radius 1 is 1.25 bits per heavy atom. The van der Waals surface area contributed by atoms with Gasteiger partial charge in [0.25, 0.3) is 0 Å². The molecule has 1 N–H and O–H groups in total. The van der Waals surface area contributed by atoms with Crippen LogP contribution in [0.2, 0.25) is 0 Å². The van der Waals surface area contributed by atoms with E-state index in [1.807, 2.05) is 6.92 Å². The summed E-state index contributed by atoms with van der Waals surface area (Å²) in [6, 6.07) is 6.90. The van der Waals surface area contributed by atoms with Crippen LogP contribution in [0.5, 0.6) is 0 Å². The van der Waals surface area contributed by atoms with Crippen molar-refractivity contribution in [1.82, 2.24) is 5.32 Å². The van der Waals surface area contributed by atoms with Gasteiger partial charge in [0.15, 0.2) is 0 Å². The Balaban J connectivity index is 2.85. The molecule has 2 nitrogen and oxygen atoms in total. The first-order valence-corrected chi connectivity index (χ1v) is 6.07. The summed E-state index contributed by atoms with van der Waals surface area (Å²) in [5.41, 5.74) is 3.99. The Hall–Kier alpha value is -0.860. The normalized spacial score (nSPS) is 12.8. The lowest BCUT2D eigenvalue weighted by atomic mass is 9.99. The Morgan fingerprint density at radius 3 is 2.62 bits per heavy atom. The maximum Gasteiger partial charge on any atom is 0.0661 e. The maximum atomic E-state index is 5.53. The monoisotopic (exact) mass is 221 g/mol. The topological polar surface area (TPSA) is 21.3 Å². The van der Waals surface area contributed by atoms with Crippen LogP contribution in [0.1, 0.15) is 36.6 Å². The number of nitrogens with one attached hydrogen (secondary N) is 1. The van der Waals surface area contributed by atoms with Gasteiger partial charge in [-0.3, -0.25) is 0 Å². The molecular weight excluding hydrogens is 198 g/mol. The van der Waals surface area contributed by atoms with Crippen LogP contribution in [0, 0.1) is 13.8 Å². The third kappa shape index (κ3) is 3.62. The molecule has 0 saturated heterocycles. The minimum atomic E-state index is 0.310. The van der Waals surface area contributed by atoms with Crippen molar-refractivity contribution in [3.63, 3.8) is 0 Å². The highest BCUT2D eigenvalue weighted by atomic mass is 16.5. The number of ether oxygens (including phenoxy) is 1. The third-order valence-electron chi connectivity index (χ3n) is 2.75. The number of aryl methyl sites for hydroxylation is 2. The van der Waals surface area contributed by atoms with Crippen molar-refractivity contribution in [2.75, 3.05) is 19.8 Å². The molecule has 1 aromatic rings. The van der Waals surface area contributed by atoms with Crippen LogP contribution >= 0.6 is 0 Å². The van der Waals surface area contributed by atoms with Gasteiger partial charge in [0, 0.05) is 6.61 Å². The van der Waals surface area contributed by atoms with Gasteiger partial charge in [-0.05, 0) is 38.4 Å². The average molecular weight is 221 g/mol. The van der Waals surface area contributed by atoms with Gasteiger partial charge >= 0.3 is 0 Å². The summed E-state index contributed by atoms with van der Waals surface area (Å²) < 4.78 is 5.53. The first kappa shape index (κ1) is 13.2. The number of hydrogen-bond acceptors (Lipinski definition) is 2. The number of hydrogen-bond donors (Lipinski definition) is 1. The molecule has 0 fully saturated rings. The van der Waals surface area contributed by atoms with Crippen molar-refractivity contribution in [2.24, 2.45) is 0 Å². The minimum Gasteiger partial charge on any atom is -0.380 e. The van der Waals surface area contributed by atoms with Gasteiger partial charge in [0.05, 0.1) is 12.6 Å². The molecule has 1 aromatic carbocycles. The van der Waals surface area contributed by atoms with Gasteiger partial charge < -0.3 is 10.1 Å². The molecule has 0 amide bonds. The van der Waals surface area contributed by atoms with Gasteiger partial charge in [0.1, 0.15) is 0 Å². The van der Waals surface area contributed by atoms with Crippen LogP contribution in [0.3, 0.4) is 0 Å². The molecule has 0 heterocycles. The van der Waals surface area contributed by atoms with Crippen LogP contribution < -0.4 is 5.32 Å². The van der Waals surface area contributed by atoms with Crippen molar-refractivity contribution in [2.45, 2.75) is 33.7 Å². The molecule has 2 heteroatoms. The molecule has 1 atom stereocenters. The summed E-state index contributed by atoms with van der Waals surface area (Å²) in [6.45, 7) is 10.9. The lowest BCUT2D eigenvalue weighted by Crippen LogP contribution is -2.26. The van der Waals surface area contributed by atoms with Crippen LogP contribution in [0.15, 0.2) is 18.2 Å². The number of rotatable bonds is 6. The fourth-order valence-corrected chi connectivity index (χ4v) is 1.88. The van der Waals surface area contributed by atoms with E-state index in [-0.39, 0.29) is 0 Å². The number of benzene rings is 1. The molecule has 0 aliphatic rings. The second kappa shape index (κ2) is 6.66. The summed E-state index contributed by atoms with van der Waals surface area (Å²) in [5.74, 6) is 0. The first-order chi connectivity index (χ1) is 7.69. The summed E-state index contributed by atoms with van der Waals surface area (Å²) in [7, 11) is 0. The largest absolute Gasteiger partial charge is 0.380 e. The summed E-state index contributed by atoms with van der Waals surface area (Å²) >= 11 is 0. The molecule has 0 radical (unpaired) electrons. The minimum absolute atomic E-state index is 0.310. The van der Waals surface area contributed by atoms with E-state index in [0.29, 0.717) is 6.04 Å². The highest BCUT2D eigenvalue weighted by Crippen LogP contribution is 2.19. The molecule has 1 rings (SSSR count). The van der Waals surface area contributed by atoms with E-state index < -0.39 is 0 Å². The summed E-state index contributed by atoms with van der Waals surface area (Å²) in [4.78, 5) is 0. The fraction of sp³-hybridized carbons (Fsp3) is 0.571. The molecule has 0 bridgehead atoms.